The third kappa shape index (κ3) is 6.86. The van der Waals surface area contributed by atoms with Crippen LogP contribution in [0.3, 0.4) is 0 Å². The molecule has 1 aliphatic rings. The second kappa shape index (κ2) is 10.3. The normalized spacial score (nSPS) is 14.3. The van der Waals surface area contributed by atoms with E-state index in [1.165, 1.54) is 24.1 Å². The second-order valence-corrected chi connectivity index (χ2v) is 6.67. The first-order valence-electron chi connectivity index (χ1n) is 8.26. The van der Waals surface area contributed by atoms with Gasteiger partial charge in [0, 0.05) is 26.2 Å². The van der Waals surface area contributed by atoms with Gasteiger partial charge in [0.15, 0.2) is 6.61 Å². The smallest absolute Gasteiger partial charge is 0.331 e. The van der Waals surface area contributed by atoms with Crippen molar-refractivity contribution < 1.29 is 23.9 Å². The third-order valence-corrected chi connectivity index (χ3v) is 4.59. The van der Waals surface area contributed by atoms with Crippen molar-refractivity contribution in [2.24, 2.45) is 0 Å². The largest absolute Gasteiger partial charge is 0.452 e. The zero-order valence-corrected chi connectivity index (χ0v) is 16.3. The van der Waals surface area contributed by atoms with E-state index in [-0.39, 0.29) is 12.5 Å². The summed E-state index contributed by atoms with van der Waals surface area (Å²) in [5.41, 5.74) is 0.668. The van der Waals surface area contributed by atoms with Gasteiger partial charge in [-0.15, -0.1) is 0 Å². The number of hydrogen-bond donors (Lipinski definition) is 0. The number of morpholine rings is 1. The first kappa shape index (κ1) is 21.2. The summed E-state index contributed by atoms with van der Waals surface area (Å²) in [4.78, 5) is 38.7. The van der Waals surface area contributed by atoms with E-state index in [1.807, 2.05) is 0 Å². The van der Waals surface area contributed by atoms with E-state index in [0.717, 1.165) is 0 Å². The summed E-state index contributed by atoms with van der Waals surface area (Å²) < 4.78 is 10.1. The van der Waals surface area contributed by atoms with Crippen LogP contribution in [0.1, 0.15) is 5.56 Å². The lowest BCUT2D eigenvalue weighted by Crippen LogP contribution is -2.46. The molecule has 1 aromatic rings. The molecule has 2 amide bonds. The minimum Gasteiger partial charge on any atom is -0.452 e. The Balaban J connectivity index is 1.76. The summed E-state index contributed by atoms with van der Waals surface area (Å²) in [7, 11) is 1.49. The average Bonchev–Trinajstić information content (AvgIpc) is 2.67. The topological polar surface area (TPSA) is 76.2 Å². The molecule has 0 unspecified atom stereocenters. The number of halogens is 2. The molecule has 0 bridgehead atoms. The number of esters is 1. The van der Waals surface area contributed by atoms with E-state index in [4.69, 9.17) is 32.7 Å². The van der Waals surface area contributed by atoms with Gasteiger partial charge in [-0.3, -0.25) is 9.59 Å². The average molecular weight is 415 g/mol. The molecule has 1 aromatic carbocycles. The van der Waals surface area contributed by atoms with E-state index in [2.05, 4.69) is 0 Å². The van der Waals surface area contributed by atoms with Crippen LogP contribution in [-0.2, 0) is 23.9 Å². The molecule has 7 nitrogen and oxygen atoms in total. The number of likely N-dealkylation sites (N-methyl/N-ethyl adjacent to an activating group) is 1. The quantitative estimate of drug-likeness (QED) is 0.524. The lowest BCUT2D eigenvalue weighted by atomic mass is 10.2. The number of amides is 2. The summed E-state index contributed by atoms with van der Waals surface area (Å²) in [5.74, 6) is -1.31. The van der Waals surface area contributed by atoms with Crippen molar-refractivity contribution in [3.05, 3.63) is 39.9 Å². The van der Waals surface area contributed by atoms with Gasteiger partial charge in [0.2, 0.25) is 5.91 Å². The maximum atomic E-state index is 12.1. The van der Waals surface area contributed by atoms with Crippen LogP contribution in [0.4, 0.5) is 0 Å². The molecule has 146 valence electrons. The Kier molecular flexibility index (Phi) is 8.09. The highest BCUT2D eigenvalue weighted by molar-refractivity contribution is 6.42. The minimum absolute atomic E-state index is 0.0739. The van der Waals surface area contributed by atoms with Gasteiger partial charge < -0.3 is 19.3 Å². The molecule has 2 rings (SSSR count). The van der Waals surface area contributed by atoms with Crippen molar-refractivity contribution in [2.45, 2.75) is 0 Å². The molecule has 0 aromatic heterocycles. The summed E-state index contributed by atoms with van der Waals surface area (Å²) in [6, 6.07) is 4.90. The molecule has 9 heteroatoms. The van der Waals surface area contributed by atoms with Crippen molar-refractivity contribution in [1.29, 1.82) is 0 Å². The fraction of sp³-hybridized carbons (Fsp3) is 0.389. The number of carbonyl (C=O) groups excluding carboxylic acids is 3. The fourth-order valence-corrected chi connectivity index (χ4v) is 2.58. The zero-order chi connectivity index (χ0) is 19.8. The maximum Gasteiger partial charge on any atom is 0.331 e. The van der Waals surface area contributed by atoms with Crippen LogP contribution in [0.5, 0.6) is 0 Å². The van der Waals surface area contributed by atoms with E-state index in [9.17, 15) is 14.4 Å². The highest BCUT2D eigenvalue weighted by Gasteiger charge is 2.20. The first-order valence-corrected chi connectivity index (χ1v) is 9.02. The molecule has 0 saturated carbocycles. The van der Waals surface area contributed by atoms with E-state index >= 15 is 0 Å². The van der Waals surface area contributed by atoms with Crippen molar-refractivity contribution in [2.75, 3.05) is 46.5 Å². The Morgan fingerprint density at radius 3 is 2.59 bits per heavy atom. The van der Waals surface area contributed by atoms with E-state index in [1.54, 1.807) is 23.1 Å². The molecular weight excluding hydrogens is 395 g/mol. The lowest BCUT2D eigenvalue weighted by molar-refractivity contribution is -0.149. The van der Waals surface area contributed by atoms with Crippen LogP contribution in [0, 0.1) is 0 Å². The number of hydrogen-bond acceptors (Lipinski definition) is 5. The summed E-state index contributed by atoms with van der Waals surface area (Å²) in [5, 5.41) is 0.783. The van der Waals surface area contributed by atoms with E-state index in [0.29, 0.717) is 41.9 Å². The summed E-state index contributed by atoms with van der Waals surface area (Å²) in [6.45, 7) is 1.48. The Morgan fingerprint density at radius 2 is 1.93 bits per heavy atom. The van der Waals surface area contributed by atoms with E-state index < -0.39 is 18.5 Å². The SMILES string of the molecule is CN(CC(=O)N1CCOCC1)C(=O)COC(=O)/C=C/c1ccc(Cl)c(Cl)c1. The lowest BCUT2D eigenvalue weighted by Gasteiger charge is -2.28. The Bertz CT molecular complexity index is 732. The van der Waals surface area contributed by atoms with Crippen LogP contribution in [0.15, 0.2) is 24.3 Å². The van der Waals surface area contributed by atoms with Crippen LogP contribution in [0.2, 0.25) is 10.0 Å². The van der Waals surface area contributed by atoms with Crippen molar-refractivity contribution in [3.63, 3.8) is 0 Å². The van der Waals surface area contributed by atoms with Gasteiger partial charge in [-0.25, -0.2) is 4.79 Å². The molecule has 27 heavy (non-hydrogen) atoms. The van der Waals surface area contributed by atoms with Crippen molar-refractivity contribution >= 4 is 47.1 Å². The summed E-state index contributed by atoms with van der Waals surface area (Å²) in [6.07, 6.45) is 2.69. The number of rotatable bonds is 6. The third-order valence-electron chi connectivity index (χ3n) is 3.86. The highest BCUT2D eigenvalue weighted by Crippen LogP contribution is 2.23. The Hall–Kier alpha value is -2.09. The number of nitrogens with zero attached hydrogens (tertiary/aromatic N) is 2. The molecule has 0 spiro atoms. The van der Waals surface area contributed by atoms with Gasteiger partial charge in [0.25, 0.3) is 5.91 Å². The molecule has 1 aliphatic heterocycles. The number of ether oxygens (including phenoxy) is 2. The van der Waals surface area contributed by atoms with Crippen LogP contribution in [-0.4, -0.2) is 74.1 Å². The maximum absolute atomic E-state index is 12.1. The van der Waals surface area contributed by atoms with Crippen molar-refractivity contribution in [3.8, 4) is 0 Å². The predicted octanol–water partition coefficient (Wildman–Crippen LogP) is 1.87. The van der Waals surface area contributed by atoms with Crippen LogP contribution >= 0.6 is 23.2 Å². The molecule has 0 N–H and O–H groups in total. The van der Waals surface area contributed by atoms with Crippen LogP contribution in [0.25, 0.3) is 6.08 Å². The number of carbonyl (C=O) groups is 3. The first-order chi connectivity index (χ1) is 12.9. The minimum atomic E-state index is -0.678. The highest BCUT2D eigenvalue weighted by atomic mass is 35.5. The van der Waals surface area contributed by atoms with Gasteiger partial charge in [-0.05, 0) is 23.8 Å². The van der Waals surface area contributed by atoms with Gasteiger partial charge in [0.05, 0.1) is 29.8 Å². The zero-order valence-electron chi connectivity index (χ0n) is 14.8. The Morgan fingerprint density at radius 1 is 1.22 bits per heavy atom. The van der Waals surface area contributed by atoms with Gasteiger partial charge >= 0.3 is 5.97 Å². The van der Waals surface area contributed by atoms with Gasteiger partial charge in [-0.1, -0.05) is 29.3 Å². The summed E-state index contributed by atoms with van der Waals surface area (Å²) >= 11 is 11.7. The van der Waals surface area contributed by atoms with Gasteiger partial charge in [0.1, 0.15) is 0 Å². The predicted molar refractivity (Wildman–Crippen MR) is 101 cm³/mol. The fourth-order valence-electron chi connectivity index (χ4n) is 2.28. The molecule has 1 fully saturated rings. The van der Waals surface area contributed by atoms with Crippen LogP contribution < -0.4 is 0 Å². The monoisotopic (exact) mass is 414 g/mol. The molecule has 1 saturated heterocycles. The van der Waals surface area contributed by atoms with Crippen molar-refractivity contribution in [1.82, 2.24) is 9.80 Å². The number of benzene rings is 1. The molecule has 0 radical (unpaired) electrons. The molecule has 1 heterocycles. The molecule has 0 aliphatic carbocycles. The molecular formula is C18H20Cl2N2O5. The molecule has 0 atom stereocenters. The van der Waals surface area contributed by atoms with Gasteiger partial charge in [-0.2, -0.15) is 0 Å². The Labute approximate surface area is 167 Å². The standard InChI is InChI=1S/C18H20Cl2N2O5/c1-21(11-16(23)22-6-8-26-9-7-22)17(24)12-27-18(25)5-3-13-2-4-14(19)15(20)10-13/h2-5,10H,6-9,11-12H2,1H3/b5-3+. The second-order valence-electron chi connectivity index (χ2n) is 5.86.